The summed E-state index contributed by atoms with van der Waals surface area (Å²) < 4.78 is 0. The molecule has 0 aromatic heterocycles. The molecule has 0 saturated carbocycles. The largest absolute Gasteiger partial charge is 0.311 e. The minimum Gasteiger partial charge on any atom is -0.311 e. The van der Waals surface area contributed by atoms with Gasteiger partial charge in [0.2, 0.25) is 0 Å². The van der Waals surface area contributed by atoms with Crippen molar-refractivity contribution in [1.29, 1.82) is 0 Å². The molecule has 2 saturated heterocycles. The van der Waals surface area contributed by atoms with E-state index in [0.29, 0.717) is 6.04 Å². The van der Waals surface area contributed by atoms with Crippen LogP contribution in [0.4, 0.5) is 0 Å². The number of rotatable bonds is 4. The predicted octanol–water partition coefficient (Wildman–Crippen LogP) is 1.26. The van der Waals surface area contributed by atoms with E-state index >= 15 is 0 Å². The third kappa shape index (κ3) is 3.67. The fraction of sp³-hybridized carbons (Fsp3) is 1.00. The number of hydrogen-bond donors (Lipinski definition) is 1. The monoisotopic (exact) mass is 239 g/mol. The molecule has 2 unspecified atom stereocenters. The summed E-state index contributed by atoms with van der Waals surface area (Å²) in [6.45, 7) is 15.8. The molecular formula is C14H29N3. The molecule has 0 aromatic rings. The summed E-state index contributed by atoms with van der Waals surface area (Å²) in [4.78, 5) is 5.28. The van der Waals surface area contributed by atoms with Crippen LogP contribution in [0.1, 0.15) is 27.2 Å². The minimum atomic E-state index is 0.701. The highest BCUT2D eigenvalue weighted by Crippen LogP contribution is 2.18. The van der Waals surface area contributed by atoms with Gasteiger partial charge in [-0.3, -0.25) is 0 Å². The molecule has 0 amide bonds. The van der Waals surface area contributed by atoms with Gasteiger partial charge in [-0.25, -0.2) is 0 Å². The van der Waals surface area contributed by atoms with Crippen LogP contribution < -0.4 is 5.32 Å². The lowest BCUT2D eigenvalue weighted by molar-refractivity contribution is 0.153. The molecule has 3 heteroatoms. The first kappa shape index (κ1) is 13.3. The van der Waals surface area contributed by atoms with Crippen molar-refractivity contribution in [3.63, 3.8) is 0 Å². The Labute approximate surface area is 107 Å². The van der Waals surface area contributed by atoms with Gasteiger partial charge in [0.1, 0.15) is 0 Å². The molecule has 2 aliphatic rings. The molecule has 17 heavy (non-hydrogen) atoms. The zero-order valence-electron chi connectivity index (χ0n) is 11.8. The van der Waals surface area contributed by atoms with Crippen LogP contribution in [0.2, 0.25) is 0 Å². The van der Waals surface area contributed by atoms with Gasteiger partial charge in [-0.05, 0) is 31.3 Å². The first-order chi connectivity index (χ1) is 8.19. The highest BCUT2D eigenvalue weighted by Gasteiger charge is 2.27. The highest BCUT2D eigenvalue weighted by atomic mass is 15.2. The molecule has 2 atom stereocenters. The SMILES string of the molecule is CCN1CCC(CN2CCNC(C(C)C)C2)C1. The summed E-state index contributed by atoms with van der Waals surface area (Å²) in [6, 6.07) is 0.701. The summed E-state index contributed by atoms with van der Waals surface area (Å²) in [5.41, 5.74) is 0. The van der Waals surface area contributed by atoms with Crippen LogP contribution in [0.3, 0.4) is 0 Å². The summed E-state index contributed by atoms with van der Waals surface area (Å²) in [6.07, 6.45) is 1.41. The maximum absolute atomic E-state index is 3.64. The Morgan fingerprint density at radius 3 is 2.65 bits per heavy atom. The fourth-order valence-corrected chi connectivity index (χ4v) is 3.17. The molecule has 100 valence electrons. The van der Waals surface area contributed by atoms with E-state index in [0.717, 1.165) is 11.8 Å². The first-order valence-corrected chi connectivity index (χ1v) is 7.37. The van der Waals surface area contributed by atoms with Crippen molar-refractivity contribution >= 4 is 0 Å². The molecule has 2 rings (SSSR count). The van der Waals surface area contributed by atoms with Gasteiger partial charge >= 0.3 is 0 Å². The van der Waals surface area contributed by atoms with Crippen molar-refractivity contribution in [2.45, 2.75) is 33.2 Å². The van der Waals surface area contributed by atoms with Crippen LogP contribution in [-0.4, -0.2) is 61.7 Å². The number of likely N-dealkylation sites (tertiary alicyclic amines) is 1. The zero-order chi connectivity index (χ0) is 12.3. The quantitative estimate of drug-likeness (QED) is 0.797. The Morgan fingerprint density at radius 1 is 1.18 bits per heavy atom. The van der Waals surface area contributed by atoms with Gasteiger partial charge in [0.05, 0.1) is 0 Å². The van der Waals surface area contributed by atoms with Gasteiger partial charge in [-0.15, -0.1) is 0 Å². The predicted molar refractivity (Wildman–Crippen MR) is 73.3 cm³/mol. The van der Waals surface area contributed by atoms with Gasteiger partial charge in [-0.1, -0.05) is 20.8 Å². The van der Waals surface area contributed by atoms with Crippen molar-refractivity contribution in [2.24, 2.45) is 11.8 Å². The number of nitrogens with one attached hydrogen (secondary N) is 1. The van der Waals surface area contributed by atoms with E-state index < -0.39 is 0 Å². The summed E-state index contributed by atoms with van der Waals surface area (Å²) in [5, 5.41) is 3.64. The molecule has 0 aromatic carbocycles. The van der Waals surface area contributed by atoms with Crippen LogP contribution in [0, 0.1) is 11.8 Å². The van der Waals surface area contributed by atoms with Crippen LogP contribution >= 0.6 is 0 Å². The van der Waals surface area contributed by atoms with Crippen LogP contribution in [0.25, 0.3) is 0 Å². The zero-order valence-corrected chi connectivity index (χ0v) is 11.8. The normalized spacial score (nSPS) is 32.5. The van der Waals surface area contributed by atoms with E-state index in [4.69, 9.17) is 0 Å². The fourth-order valence-electron chi connectivity index (χ4n) is 3.17. The molecular weight excluding hydrogens is 210 g/mol. The van der Waals surface area contributed by atoms with Gasteiger partial charge in [0.25, 0.3) is 0 Å². The van der Waals surface area contributed by atoms with E-state index in [1.165, 1.54) is 52.2 Å². The lowest BCUT2D eigenvalue weighted by Gasteiger charge is -2.37. The van der Waals surface area contributed by atoms with E-state index in [2.05, 4.69) is 35.9 Å². The van der Waals surface area contributed by atoms with Crippen LogP contribution in [0.5, 0.6) is 0 Å². The van der Waals surface area contributed by atoms with Crippen LogP contribution in [-0.2, 0) is 0 Å². The number of nitrogens with zero attached hydrogens (tertiary/aromatic N) is 2. The molecule has 0 spiro atoms. The maximum atomic E-state index is 3.64. The highest BCUT2D eigenvalue weighted by molar-refractivity contribution is 4.84. The second-order valence-electron chi connectivity index (χ2n) is 6.11. The Bertz CT molecular complexity index is 230. The Hall–Kier alpha value is -0.120. The maximum Gasteiger partial charge on any atom is 0.0218 e. The van der Waals surface area contributed by atoms with Gasteiger partial charge in [0, 0.05) is 38.8 Å². The molecule has 1 N–H and O–H groups in total. The van der Waals surface area contributed by atoms with E-state index in [-0.39, 0.29) is 0 Å². The third-order valence-corrected chi connectivity index (χ3v) is 4.43. The first-order valence-electron chi connectivity index (χ1n) is 7.37. The second-order valence-corrected chi connectivity index (χ2v) is 6.11. The summed E-state index contributed by atoms with van der Waals surface area (Å²) >= 11 is 0. The summed E-state index contributed by atoms with van der Waals surface area (Å²) in [7, 11) is 0. The topological polar surface area (TPSA) is 18.5 Å². The third-order valence-electron chi connectivity index (χ3n) is 4.43. The Kier molecular flexibility index (Phi) is 4.83. The second kappa shape index (κ2) is 6.17. The molecule has 2 aliphatic heterocycles. The number of piperazine rings is 1. The van der Waals surface area contributed by atoms with E-state index in [1.807, 2.05) is 0 Å². The Morgan fingerprint density at radius 2 is 2.00 bits per heavy atom. The van der Waals surface area contributed by atoms with Crippen molar-refractivity contribution in [3.8, 4) is 0 Å². The molecule has 0 aliphatic carbocycles. The van der Waals surface area contributed by atoms with Crippen LogP contribution in [0.15, 0.2) is 0 Å². The van der Waals surface area contributed by atoms with Crippen molar-refractivity contribution in [3.05, 3.63) is 0 Å². The lowest BCUT2D eigenvalue weighted by atomic mass is 10.0. The lowest BCUT2D eigenvalue weighted by Crippen LogP contribution is -2.53. The molecule has 3 nitrogen and oxygen atoms in total. The van der Waals surface area contributed by atoms with E-state index in [9.17, 15) is 0 Å². The summed E-state index contributed by atoms with van der Waals surface area (Å²) in [5.74, 6) is 1.68. The standard InChI is InChI=1S/C14H29N3/c1-4-16-7-5-13(9-16)10-17-8-6-15-14(11-17)12(2)3/h12-15H,4-11H2,1-3H3. The average molecular weight is 239 g/mol. The van der Waals surface area contributed by atoms with Crippen molar-refractivity contribution in [2.75, 3.05) is 45.8 Å². The number of hydrogen-bond acceptors (Lipinski definition) is 3. The molecule has 0 radical (unpaired) electrons. The van der Waals surface area contributed by atoms with Gasteiger partial charge < -0.3 is 15.1 Å². The molecule has 2 heterocycles. The van der Waals surface area contributed by atoms with Crippen molar-refractivity contribution < 1.29 is 0 Å². The van der Waals surface area contributed by atoms with Crippen molar-refractivity contribution in [1.82, 2.24) is 15.1 Å². The van der Waals surface area contributed by atoms with Gasteiger partial charge in [0.15, 0.2) is 0 Å². The smallest absolute Gasteiger partial charge is 0.0218 e. The Balaban J connectivity index is 1.75. The van der Waals surface area contributed by atoms with Gasteiger partial charge in [-0.2, -0.15) is 0 Å². The van der Waals surface area contributed by atoms with E-state index in [1.54, 1.807) is 0 Å². The minimum absolute atomic E-state index is 0.701. The average Bonchev–Trinajstić information content (AvgIpc) is 2.77. The molecule has 2 fully saturated rings. The molecule has 0 bridgehead atoms.